The lowest BCUT2D eigenvalue weighted by molar-refractivity contribution is 0.245. The number of hydrogen-bond donors (Lipinski definition) is 0. The highest BCUT2D eigenvalue weighted by Gasteiger charge is 2.19. The molecule has 106 valence electrons. The Morgan fingerprint density at radius 1 is 1.20 bits per heavy atom. The molecule has 0 unspecified atom stereocenters. The maximum Gasteiger partial charge on any atom is 0.225 e. The van der Waals surface area contributed by atoms with Crippen molar-refractivity contribution in [3.63, 3.8) is 0 Å². The first-order valence-corrected chi connectivity index (χ1v) is 7.41. The van der Waals surface area contributed by atoms with Gasteiger partial charge < -0.3 is 9.64 Å². The maximum atomic E-state index is 6.11. The molecule has 4 nitrogen and oxygen atoms in total. The summed E-state index contributed by atoms with van der Waals surface area (Å²) in [5.74, 6) is 1.69. The van der Waals surface area contributed by atoms with Gasteiger partial charge in [-0.3, -0.25) is 0 Å². The van der Waals surface area contributed by atoms with Crippen LogP contribution in [0.4, 0.5) is 5.82 Å². The fourth-order valence-corrected chi connectivity index (χ4v) is 2.77. The molecule has 1 saturated heterocycles. The topological polar surface area (TPSA) is 38.2 Å². The van der Waals surface area contributed by atoms with Crippen LogP contribution in [0.3, 0.4) is 0 Å². The molecule has 0 radical (unpaired) electrons. The molecule has 1 aromatic carbocycles. The van der Waals surface area contributed by atoms with E-state index in [0.717, 1.165) is 35.6 Å². The van der Waals surface area contributed by atoms with Crippen LogP contribution in [0, 0.1) is 0 Å². The summed E-state index contributed by atoms with van der Waals surface area (Å²) in [5, 5.41) is 1.29. The molecule has 3 rings (SSSR count). The average molecular weight is 292 g/mol. The molecule has 0 N–H and O–H groups in total. The minimum absolute atomic E-state index is 0.101. The molecule has 0 amide bonds. The van der Waals surface area contributed by atoms with Crippen molar-refractivity contribution in [2.45, 2.75) is 32.8 Å². The molecule has 5 heteroatoms. The first-order valence-electron chi connectivity index (χ1n) is 7.03. The Morgan fingerprint density at radius 2 is 1.95 bits per heavy atom. The predicted molar refractivity (Wildman–Crippen MR) is 81.8 cm³/mol. The van der Waals surface area contributed by atoms with Gasteiger partial charge in [-0.15, -0.1) is 0 Å². The molecule has 0 spiro atoms. The van der Waals surface area contributed by atoms with Crippen LogP contribution in [0.25, 0.3) is 10.9 Å². The Labute approximate surface area is 123 Å². The third-order valence-corrected chi connectivity index (χ3v) is 3.58. The number of fused-ring (bicyclic) bond motifs is 1. The Hall–Kier alpha value is -1.55. The van der Waals surface area contributed by atoms with E-state index in [1.165, 1.54) is 12.8 Å². The lowest BCUT2D eigenvalue weighted by Crippen LogP contribution is -2.19. The quantitative estimate of drug-likeness (QED) is 0.809. The number of nitrogens with zero attached hydrogens (tertiary/aromatic N) is 3. The van der Waals surface area contributed by atoms with Crippen LogP contribution >= 0.6 is 11.6 Å². The highest BCUT2D eigenvalue weighted by molar-refractivity contribution is 6.29. The average Bonchev–Trinajstić information content (AvgIpc) is 2.92. The molecular formula is C15H18ClN3O. The Morgan fingerprint density at radius 3 is 2.65 bits per heavy atom. The molecule has 2 heterocycles. The highest BCUT2D eigenvalue weighted by atomic mass is 35.5. The van der Waals surface area contributed by atoms with E-state index >= 15 is 0 Å². The molecule has 0 atom stereocenters. The van der Waals surface area contributed by atoms with Crippen molar-refractivity contribution in [2.75, 3.05) is 18.0 Å². The minimum Gasteiger partial charge on any atom is -0.489 e. The largest absolute Gasteiger partial charge is 0.489 e. The van der Waals surface area contributed by atoms with E-state index in [-0.39, 0.29) is 11.4 Å². The normalized spacial score (nSPS) is 15.3. The van der Waals surface area contributed by atoms with E-state index < -0.39 is 0 Å². The summed E-state index contributed by atoms with van der Waals surface area (Å²) in [4.78, 5) is 11.1. The standard InChI is InChI=1S/C15H18ClN3O/c1-10(2)20-12-7-5-6-11-13(12)17-15(16)18-14(11)19-8-3-4-9-19/h5-7,10H,3-4,8-9H2,1-2H3. The molecular weight excluding hydrogens is 274 g/mol. The summed E-state index contributed by atoms with van der Waals surface area (Å²) < 4.78 is 5.83. The van der Waals surface area contributed by atoms with Gasteiger partial charge in [0.05, 0.1) is 6.10 Å². The van der Waals surface area contributed by atoms with Crippen molar-refractivity contribution in [3.8, 4) is 5.75 Å². The molecule has 1 fully saturated rings. The van der Waals surface area contributed by atoms with Gasteiger partial charge >= 0.3 is 0 Å². The summed E-state index contributed by atoms with van der Waals surface area (Å²) >= 11 is 6.11. The van der Waals surface area contributed by atoms with Gasteiger partial charge in [-0.2, -0.15) is 4.98 Å². The molecule has 0 bridgehead atoms. The SMILES string of the molecule is CC(C)Oc1cccc2c(N3CCCC3)nc(Cl)nc12. The fourth-order valence-electron chi connectivity index (χ4n) is 2.60. The number of halogens is 1. The zero-order valence-corrected chi connectivity index (χ0v) is 12.5. The Balaban J connectivity index is 2.16. The van der Waals surface area contributed by atoms with Crippen LogP contribution in [0.1, 0.15) is 26.7 Å². The monoisotopic (exact) mass is 291 g/mol. The van der Waals surface area contributed by atoms with Crippen LogP contribution in [0.15, 0.2) is 18.2 Å². The van der Waals surface area contributed by atoms with E-state index in [0.29, 0.717) is 0 Å². The Kier molecular flexibility index (Phi) is 3.66. The number of hydrogen-bond acceptors (Lipinski definition) is 4. The maximum absolute atomic E-state index is 6.11. The first-order chi connectivity index (χ1) is 9.65. The van der Waals surface area contributed by atoms with Gasteiger partial charge in [0.25, 0.3) is 0 Å². The lowest BCUT2D eigenvalue weighted by atomic mass is 10.2. The third-order valence-electron chi connectivity index (χ3n) is 3.41. The number of rotatable bonds is 3. The van der Waals surface area contributed by atoms with Crippen molar-refractivity contribution >= 4 is 28.3 Å². The number of para-hydroxylation sites is 1. The minimum atomic E-state index is 0.101. The van der Waals surface area contributed by atoms with Gasteiger partial charge in [-0.1, -0.05) is 6.07 Å². The van der Waals surface area contributed by atoms with E-state index in [1.807, 2.05) is 32.0 Å². The Bertz CT molecular complexity index is 624. The molecule has 20 heavy (non-hydrogen) atoms. The zero-order valence-electron chi connectivity index (χ0n) is 11.8. The van der Waals surface area contributed by atoms with Crippen LogP contribution in [0.2, 0.25) is 5.28 Å². The van der Waals surface area contributed by atoms with Gasteiger partial charge in [-0.25, -0.2) is 4.98 Å². The zero-order chi connectivity index (χ0) is 14.1. The van der Waals surface area contributed by atoms with Crippen molar-refractivity contribution < 1.29 is 4.74 Å². The predicted octanol–water partition coefficient (Wildman–Crippen LogP) is 3.67. The molecule has 1 aromatic heterocycles. The third kappa shape index (κ3) is 2.52. The molecule has 1 aliphatic rings. The summed E-state index contributed by atoms with van der Waals surface area (Å²) in [6.07, 6.45) is 2.50. The second kappa shape index (κ2) is 5.44. The summed E-state index contributed by atoms with van der Waals surface area (Å²) in [5.41, 5.74) is 0.795. The van der Waals surface area contributed by atoms with Crippen LogP contribution in [-0.2, 0) is 0 Å². The first kappa shape index (κ1) is 13.4. The van der Waals surface area contributed by atoms with E-state index in [9.17, 15) is 0 Å². The van der Waals surface area contributed by atoms with Gasteiger partial charge in [0.1, 0.15) is 17.1 Å². The fraction of sp³-hybridized carbons (Fsp3) is 0.467. The summed E-state index contributed by atoms with van der Waals surface area (Å²) in [6, 6.07) is 5.95. The molecule has 1 aliphatic heterocycles. The smallest absolute Gasteiger partial charge is 0.225 e. The van der Waals surface area contributed by atoms with E-state index in [4.69, 9.17) is 16.3 Å². The van der Waals surface area contributed by atoms with Crippen molar-refractivity contribution in [3.05, 3.63) is 23.5 Å². The molecule has 2 aromatic rings. The lowest BCUT2D eigenvalue weighted by Gasteiger charge is -2.19. The van der Waals surface area contributed by atoms with Crippen LogP contribution in [-0.4, -0.2) is 29.2 Å². The van der Waals surface area contributed by atoms with Gasteiger partial charge in [0.15, 0.2) is 0 Å². The van der Waals surface area contributed by atoms with Crippen molar-refractivity contribution in [1.29, 1.82) is 0 Å². The van der Waals surface area contributed by atoms with Crippen molar-refractivity contribution in [2.24, 2.45) is 0 Å². The van der Waals surface area contributed by atoms with Crippen LogP contribution < -0.4 is 9.64 Å². The summed E-state index contributed by atoms with van der Waals surface area (Å²) in [6.45, 7) is 6.06. The van der Waals surface area contributed by atoms with Crippen LogP contribution in [0.5, 0.6) is 5.75 Å². The van der Waals surface area contributed by atoms with E-state index in [2.05, 4.69) is 14.9 Å². The second-order valence-electron chi connectivity index (χ2n) is 5.33. The summed E-state index contributed by atoms with van der Waals surface area (Å²) in [7, 11) is 0. The number of anilines is 1. The number of ether oxygens (including phenoxy) is 1. The van der Waals surface area contributed by atoms with Gasteiger partial charge in [-0.05, 0) is 50.4 Å². The second-order valence-corrected chi connectivity index (χ2v) is 5.67. The highest BCUT2D eigenvalue weighted by Crippen LogP contribution is 2.33. The number of benzene rings is 1. The van der Waals surface area contributed by atoms with E-state index in [1.54, 1.807) is 0 Å². The van der Waals surface area contributed by atoms with Gasteiger partial charge in [0.2, 0.25) is 5.28 Å². The number of aromatic nitrogens is 2. The van der Waals surface area contributed by atoms with Gasteiger partial charge in [0, 0.05) is 18.5 Å². The molecule has 0 aliphatic carbocycles. The van der Waals surface area contributed by atoms with Crippen molar-refractivity contribution in [1.82, 2.24) is 9.97 Å². The molecule has 0 saturated carbocycles.